The summed E-state index contributed by atoms with van der Waals surface area (Å²) in [6.07, 6.45) is 1.39. The van der Waals surface area contributed by atoms with Crippen LogP contribution in [0, 0.1) is 17.8 Å². The van der Waals surface area contributed by atoms with E-state index >= 15 is 0 Å². The number of carbonyl (C=O) groups excluding carboxylic acids is 1. The fourth-order valence-corrected chi connectivity index (χ4v) is 4.44. The SMILES string of the molecule is CCC(=O)N1CC[C@@H]2[C@H](CO)Nc3ccc(C#Cc4ccc(OC)cc4)cc3[C@@H]21. The number of hydrogen-bond donors (Lipinski definition) is 2. The Kier molecular flexibility index (Phi) is 5.46. The summed E-state index contributed by atoms with van der Waals surface area (Å²) in [6.45, 7) is 2.70. The Balaban J connectivity index is 1.67. The van der Waals surface area contributed by atoms with Crippen molar-refractivity contribution in [2.24, 2.45) is 5.92 Å². The number of nitrogens with zero attached hydrogens (tertiary/aromatic N) is 1. The van der Waals surface area contributed by atoms with Gasteiger partial charge in [0.25, 0.3) is 0 Å². The van der Waals surface area contributed by atoms with Crippen LogP contribution in [0.15, 0.2) is 42.5 Å². The molecule has 2 aliphatic heterocycles. The summed E-state index contributed by atoms with van der Waals surface area (Å²) in [4.78, 5) is 14.5. The van der Waals surface area contributed by atoms with Gasteiger partial charge in [-0.15, -0.1) is 0 Å². The van der Waals surface area contributed by atoms with Gasteiger partial charge in [-0.1, -0.05) is 18.8 Å². The molecule has 0 spiro atoms. The number of likely N-dealkylation sites (tertiary alicyclic amines) is 1. The largest absolute Gasteiger partial charge is 0.497 e. The number of fused-ring (bicyclic) bond motifs is 3. The standard InChI is InChI=1S/C24H26N2O3/c1-3-23(28)26-13-12-19-22(15-27)25-21-11-8-17(14-20(21)24(19)26)5-4-16-6-9-18(29-2)10-7-16/h6-11,14,19,22,24-25,27H,3,12-13,15H2,1-2H3/t19-,22+,24-/m1/s1. The summed E-state index contributed by atoms with van der Waals surface area (Å²) < 4.78 is 5.19. The van der Waals surface area contributed by atoms with Crippen molar-refractivity contribution in [1.82, 2.24) is 4.90 Å². The van der Waals surface area contributed by atoms with Gasteiger partial charge in [-0.25, -0.2) is 0 Å². The van der Waals surface area contributed by atoms with E-state index in [0.717, 1.165) is 41.1 Å². The molecule has 2 aromatic rings. The van der Waals surface area contributed by atoms with Crippen LogP contribution in [0.1, 0.15) is 42.5 Å². The van der Waals surface area contributed by atoms with Crippen LogP contribution in [0.4, 0.5) is 5.69 Å². The van der Waals surface area contributed by atoms with Crippen LogP contribution in [0.25, 0.3) is 0 Å². The molecule has 4 rings (SSSR count). The Labute approximate surface area is 171 Å². The van der Waals surface area contributed by atoms with E-state index in [1.165, 1.54) is 0 Å². The van der Waals surface area contributed by atoms with Crippen molar-refractivity contribution >= 4 is 11.6 Å². The number of methoxy groups -OCH3 is 1. The second-order valence-electron chi connectivity index (χ2n) is 7.55. The molecule has 1 saturated heterocycles. The number of rotatable bonds is 3. The molecule has 5 heteroatoms. The first kappa shape index (κ1) is 19.4. The number of amides is 1. The van der Waals surface area contributed by atoms with Gasteiger partial charge in [-0.05, 0) is 54.4 Å². The predicted molar refractivity (Wildman–Crippen MR) is 113 cm³/mol. The molecule has 29 heavy (non-hydrogen) atoms. The van der Waals surface area contributed by atoms with Crippen molar-refractivity contribution < 1.29 is 14.6 Å². The van der Waals surface area contributed by atoms with Gasteiger partial charge in [-0.3, -0.25) is 4.79 Å². The quantitative estimate of drug-likeness (QED) is 0.791. The molecule has 0 aliphatic carbocycles. The van der Waals surface area contributed by atoms with Gasteiger partial charge < -0.3 is 20.1 Å². The van der Waals surface area contributed by atoms with Gasteiger partial charge >= 0.3 is 0 Å². The second-order valence-corrected chi connectivity index (χ2v) is 7.55. The fraction of sp³-hybridized carbons (Fsp3) is 0.375. The fourth-order valence-electron chi connectivity index (χ4n) is 4.44. The smallest absolute Gasteiger partial charge is 0.222 e. The van der Waals surface area contributed by atoms with E-state index in [2.05, 4.69) is 23.2 Å². The van der Waals surface area contributed by atoms with Crippen LogP contribution in [-0.4, -0.2) is 42.2 Å². The van der Waals surface area contributed by atoms with Crippen molar-refractivity contribution in [2.75, 3.05) is 25.6 Å². The number of anilines is 1. The maximum atomic E-state index is 12.5. The minimum absolute atomic E-state index is 0.00131. The third kappa shape index (κ3) is 3.68. The molecule has 2 N–H and O–H groups in total. The topological polar surface area (TPSA) is 61.8 Å². The molecular formula is C24H26N2O3. The summed E-state index contributed by atoms with van der Waals surface area (Å²) >= 11 is 0. The lowest BCUT2D eigenvalue weighted by atomic mass is 9.82. The molecular weight excluding hydrogens is 364 g/mol. The van der Waals surface area contributed by atoms with Crippen LogP contribution in [0.3, 0.4) is 0 Å². The zero-order chi connectivity index (χ0) is 20.4. The van der Waals surface area contributed by atoms with E-state index in [0.29, 0.717) is 6.42 Å². The average Bonchev–Trinajstić information content (AvgIpc) is 3.22. The van der Waals surface area contributed by atoms with E-state index in [1.807, 2.05) is 48.2 Å². The Morgan fingerprint density at radius 2 is 1.93 bits per heavy atom. The summed E-state index contributed by atoms with van der Waals surface area (Å²) in [6, 6.07) is 13.7. The van der Waals surface area contributed by atoms with E-state index in [4.69, 9.17) is 4.74 Å². The molecule has 2 aromatic carbocycles. The first-order valence-electron chi connectivity index (χ1n) is 10.1. The molecule has 1 fully saturated rings. The summed E-state index contributed by atoms with van der Waals surface area (Å²) in [5, 5.41) is 13.3. The highest BCUT2D eigenvalue weighted by Gasteiger charge is 2.45. The van der Waals surface area contributed by atoms with Crippen LogP contribution in [0.2, 0.25) is 0 Å². The molecule has 0 bridgehead atoms. The first-order valence-corrected chi connectivity index (χ1v) is 10.1. The molecule has 1 amide bonds. The number of benzene rings is 2. The van der Waals surface area contributed by atoms with Crippen LogP contribution in [0.5, 0.6) is 5.75 Å². The van der Waals surface area contributed by atoms with E-state index < -0.39 is 0 Å². The molecule has 0 saturated carbocycles. The number of aliphatic hydroxyl groups is 1. The Morgan fingerprint density at radius 3 is 2.62 bits per heavy atom. The third-order valence-electron chi connectivity index (χ3n) is 5.93. The predicted octanol–water partition coefficient (Wildman–Crippen LogP) is 3.18. The molecule has 2 heterocycles. The molecule has 0 radical (unpaired) electrons. The van der Waals surface area contributed by atoms with Crippen molar-refractivity contribution in [3.63, 3.8) is 0 Å². The zero-order valence-electron chi connectivity index (χ0n) is 16.8. The summed E-state index contributed by atoms with van der Waals surface area (Å²) in [5.74, 6) is 7.62. The van der Waals surface area contributed by atoms with Crippen molar-refractivity contribution in [3.05, 3.63) is 59.2 Å². The van der Waals surface area contributed by atoms with Crippen LogP contribution in [-0.2, 0) is 4.79 Å². The molecule has 0 unspecified atom stereocenters. The molecule has 5 nitrogen and oxygen atoms in total. The Morgan fingerprint density at radius 1 is 1.21 bits per heavy atom. The maximum absolute atomic E-state index is 12.5. The van der Waals surface area contributed by atoms with Gasteiger partial charge in [0, 0.05) is 35.7 Å². The monoisotopic (exact) mass is 390 g/mol. The summed E-state index contributed by atoms with van der Waals surface area (Å²) in [5.41, 5.74) is 3.92. The molecule has 2 aliphatic rings. The van der Waals surface area contributed by atoms with Gasteiger partial charge in [0.15, 0.2) is 0 Å². The minimum Gasteiger partial charge on any atom is -0.497 e. The highest BCUT2D eigenvalue weighted by atomic mass is 16.5. The van der Waals surface area contributed by atoms with Crippen LogP contribution >= 0.6 is 0 Å². The zero-order valence-corrected chi connectivity index (χ0v) is 16.8. The highest BCUT2D eigenvalue weighted by molar-refractivity contribution is 5.77. The highest BCUT2D eigenvalue weighted by Crippen LogP contribution is 2.46. The van der Waals surface area contributed by atoms with Crippen LogP contribution < -0.4 is 10.1 Å². The Hall–Kier alpha value is -2.97. The third-order valence-corrected chi connectivity index (χ3v) is 5.93. The lowest BCUT2D eigenvalue weighted by Crippen LogP contribution is -2.42. The lowest BCUT2D eigenvalue weighted by Gasteiger charge is -2.39. The van der Waals surface area contributed by atoms with E-state index in [-0.39, 0.29) is 30.5 Å². The summed E-state index contributed by atoms with van der Waals surface area (Å²) in [7, 11) is 1.64. The Bertz CT molecular complexity index is 958. The molecule has 0 aromatic heterocycles. The van der Waals surface area contributed by atoms with E-state index in [1.54, 1.807) is 7.11 Å². The maximum Gasteiger partial charge on any atom is 0.222 e. The first-order chi connectivity index (χ1) is 14.1. The van der Waals surface area contributed by atoms with Gasteiger partial charge in [-0.2, -0.15) is 0 Å². The number of nitrogens with one attached hydrogen (secondary N) is 1. The average molecular weight is 390 g/mol. The lowest BCUT2D eigenvalue weighted by molar-refractivity contribution is -0.132. The second kappa shape index (κ2) is 8.18. The van der Waals surface area contributed by atoms with Gasteiger partial charge in [0.05, 0.1) is 25.8 Å². The molecule has 150 valence electrons. The van der Waals surface area contributed by atoms with Gasteiger partial charge in [0.1, 0.15) is 5.75 Å². The normalized spacial score (nSPS) is 22.0. The molecule has 3 atom stereocenters. The number of carbonyl (C=O) groups is 1. The number of aliphatic hydroxyl groups excluding tert-OH is 1. The number of ether oxygens (including phenoxy) is 1. The minimum atomic E-state index is -0.0293. The van der Waals surface area contributed by atoms with Crippen molar-refractivity contribution in [1.29, 1.82) is 0 Å². The van der Waals surface area contributed by atoms with Crippen molar-refractivity contribution in [2.45, 2.75) is 31.8 Å². The van der Waals surface area contributed by atoms with Crippen molar-refractivity contribution in [3.8, 4) is 17.6 Å². The van der Waals surface area contributed by atoms with Gasteiger partial charge in [0.2, 0.25) is 5.91 Å². The van der Waals surface area contributed by atoms with E-state index in [9.17, 15) is 9.90 Å². The number of hydrogen-bond acceptors (Lipinski definition) is 4.